The van der Waals surface area contributed by atoms with Gasteiger partial charge in [-0.05, 0) is 36.4 Å². The van der Waals surface area contributed by atoms with Crippen LogP contribution in [0.25, 0.3) is 11.0 Å². The van der Waals surface area contributed by atoms with E-state index in [1.54, 1.807) is 35.9 Å². The fourth-order valence-corrected chi connectivity index (χ4v) is 5.16. The molecule has 4 N–H and O–H groups in total. The maximum absolute atomic E-state index is 11.3. The second kappa shape index (κ2) is 10.4. The van der Waals surface area contributed by atoms with E-state index in [-0.39, 0.29) is 12.2 Å². The van der Waals surface area contributed by atoms with E-state index < -0.39 is 42.4 Å². The highest BCUT2D eigenvalue weighted by Crippen LogP contribution is 2.37. The number of benzene rings is 2. The minimum absolute atomic E-state index is 0.0747. The van der Waals surface area contributed by atoms with Gasteiger partial charge in [-0.25, -0.2) is 9.78 Å². The Morgan fingerprint density at radius 2 is 1.94 bits per heavy atom. The molecular weight excluding hydrogens is 507 g/mol. The molecule has 0 spiro atoms. The van der Waals surface area contributed by atoms with Gasteiger partial charge in [0.2, 0.25) is 0 Å². The molecular formula is C22H22Cl2N2O7S. The van der Waals surface area contributed by atoms with E-state index in [4.69, 9.17) is 32.7 Å². The van der Waals surface area contributed by atoms with Crippen LogP contribution in [0.3, 0.4) is 0 Å². The molecule has 182 valence electrons. The first-order valence-corrected chi connectivity index (χ1v) is 11.9. The molecule has 0 aliphatic carbocycles. The van der Waals surface area contributed by atoms with Gasteiger partial charge in [0.25, 0.3) is 0 Å². The van der Waals surface area contributed by atoms with E-state index in [9.17, 15) is 25.2 Å². The number of aromatic carboxylic acids is 1. The molecule has 1 saturated heterocycles. The summed E-state index contributed by atoms with van der Waals surface area (Å²) < 4.78 is 13.3. The zero-order valence-corrected chi connectivity index (χ0v) is 20.2. The summed E-state index contributed by atoms with van der Waals surface area (Å²) in [5.41, 5.74) is 0.459. The number of thioether (sulfide) groups is 1. The molecule has 2 heterocycles. The van der Waals surface area contributed by atoms with Gasteiger partial charge in [0.05, 0.1) is 33.2 Å². The van der Waals surface area contributed by atoms with Gasteiger partial charge in [-0.1, -0.05) is 35.0 Å². The average molecular weight is 529 g/mol. The second-order valence-corrected chi connectivity index (χ2v) is 9.76. The Labute approximate surface area is 208 Å². The van der Waals surface area contributed by atoms with E-state index in [0.29, 0.717) is 31.8 Å². The zero-order chi connectivity index (χ0) is 24.6. The molecule has 0 saturated carbocycles. The van der Waals surface area contributed by atoms with Crippen LogP contribution in [0, 0.1) is 0 Å². The lowest BCUT2D eigenvalue weighted by Crippen LogP contribution is -2.58. The number of halogens is 2. The molecule has 3 aromatic rings. The lowest BCUT2D eigenvalue weighted by Gasteiger charge is -2.41. The number of ether oxygens (including phenoxy) is 2. The van der Waals surface area contributed by atoms with E-state index in [1.807, 2.05) is 0 Å². The fourth-order valence-electron chi connectivity index (χ4n) is 3.70. The maximum Gasteiger partial charge on any atom is 0.335 e. The molecule has 1 aromatic heterocycles. The van der Waals surface area contributed by atoms with E-state index in [2.05, 4.69) is 4.98 Å². The number of aromatic nitrogens is 2. The summed E-state index contributed by atoms with van der Waals surface area (Å²) in [6.45, 7) is -0.550. The SMILES string of the molecule is Cn1c(COC2C(O)C(CO)OC(Sc3ccc(Cl)c(Cl)c3)C2O)nc2ccc(C(=O)O)cc21. The summed E-state index contributed by atoms with van der Waals surface area (Å²) in [6, 6.07) is 9.55. The van der Waals surface area contributed by atoms with Crippen LogP contribution in [0.2, 0.25) is 10.0 Å². The summed E-state index contributed by atoms with van der Waals surface area (Å²) in [5.74, 6) is -0.576. The summed E-state index contributed by atoms with van der Waals surface area (Å²) >= 11 is 13.2. The fraction of sp³-hybridized carbons (Fsp3) is 0.364. The van der Waals surface area contributed by atoms with Crippen molar-refractivity contribution >= 4 is 52.0 Å². The van der Waals surface area contributed by atoms with Crippen LogP contribution in [0.4, 0.5) is 0 Å². The molecule has 1 aliphatic rings. The van der Waals surface area contributed by atoms with Crippen molar-refractivity contribution in [3.63, 3.8) is 0 Å². The first-order chi connectivity index (χ1) is 16.2. The normalized spacial score (nSPS) is 25.1. The van der Waals surface area contributed by atoms with Crippen LogP contribution in [-0.2, 0) is 23.1 Å². The molecule has 1 aliphatic heterocycles. The van der Waals surface area contributed by atoms with Gasteiger partial charge in [0.15, 0.2) is 0 Å². The Balaban J connectivity index is 1.53. The van der Waals surface area contributed by atoms with Gasteiger partial charge in [-0.15, -0.1) is 0 Å². The van der Waals surface area contributed by atoms with Crippen molar-refractivity contribution in [2.75, 3.05) is 6.61 Å². The minimum atomic E-state index is -1.29. The molecule has 2 aromatic carbocycles. The topological polar surface area (TPSA) is 134 Å². The molecule has 9 nitrogen and oxygen atoms in total. The highest BCUT2D eigenvalue weighted by molar-refractivity contribution is 7.99. The number of rotatable bonds is 7. The Morgan fingerprint density at radius 1 is 1.18 bits per heavy atom. The number of carbonyl (C=O) groups is 1. The zero-order valence-electron chi connectivity index (χ0n) is 17.8. The lowest BCUT2D eigenvalue weighted by atomic mass is 10.00. The smallest absolute Gasteiger partial charge is 0.335 e. The van der Waals surface area contributed by atoms with Crippen molar-refractivity contribution in [2.24, 2.45) is 7.05 Å². The predicted molar refractivity (Wildman–Crippen MR) is 126 cm³/mol. The summed E-state index contributed by atoms with van der Waals surface area (Å²) in [4.78, 5) is 16.4. The molecule has 0 bridgehead atoms. The number of hydrogen-bond acceptors (Lipinski definition) is 8. The summed E-state index contributed by atoms with van der Waals surface area (Å²) in [6.07, 6.45) is -4.60. The number of aryl methyl sites for hydroxylation is 1. The highest BCUT2D eigenvalue weighted by atomic mass is 35.5. The second-order valence-electron chi connectivity index (χ2n) is 7.77. The van der Waals surface area contributed by atoms with Gasteiger partial charge in [-0.2, -0.15) is 0 Å². The first-order valence-electron chi connectivity index (χ1n) is 10.2. The van der Waals surface area contributed by atoms with Crippen molar-refractivity contribution in [2.45, 2.75) is 41.4 Å². The van der Waals surface area contributed by atoms with Crippen LogP contribution in [0.5, 0.6) is 0 Å². The van der Waals surface area contributed by atoms with Crippen molar-refractivity contribution < 1.29 is 34.7 Å². The third-order valence-corrected chi connectivity index (χ3v) is 7.48. The third-order valence-electron chi connectivity index (χ3n) is 5.59. The first kappa shape index (κ1) is 25.2. The van der Waals surface area contributed by atoms with E-state index >= 15 is 0 Å². The average Bonchev–Trinajstić information content (AvgIpc) is 3.12. The van der Waals surface area contributed by atoms with Gasteiger partial charge in [0, 0.05) is 11.9 Å². The number of fused-ring (bicyclic) bond motifs is 1. The van der Waals surface area contributed by atoms with Crippen LogP contribution < -0.4 is 0 Å². The van der Waals surface area contributed by atoms with Gasteiger partial charge in [0.1, 0.15) is 42.3 Å². The van der Waals surface area contributed by atoms with Gasteiger partial charge < -0.3 is 34.5 Å². The Hall–Kier alpha value is -1.89. The number of aliphatic hydroxyl groups is 3. The Morgan fingerprint density at radius 3 is 2.62 bits per heavy atom. The molecule has 0 amide bonds. The number of aliphatic hydroxyl groups excluding tert-OH is 3. The standard InChI is InChI=1S/C22H22Cl2N2O7S/c1-26-15-6-10(21(30)31)2-5-14(15)25-17(26)9-32-20-18(28)16(8-27)33-22(19(20)29)34-11-3-4-12(23)13(24)7-11/h2-7,16,18-20,22,27-29H,8-9H2,1H3,(H,30,31). The van der Waals surface area contributed by atoms with Crippen LogP contribution in [0.15, 0.2) is 41.3 Å². The summed E-state index contributed by atoms with van der Waals surface area (Å²) in [5, 5.41) is 41.2. The van der Waals surface area contributed by atoms with E-state index in [1.165, 1.54) is 12.1 Å². The number of carboxylic acid groups (broad SMARTS) is 1. The van der Waals surface area contributed by atoms with Crippen LogP contribution in [-0.4, -0.2) is 72.4 Å². The molecule has 12 heteroatoms. The molecule has 0 radical (unpaired) electrons. The van der Waals surface area contributed by atoms with Crippen molar-refractivity contribution in [3.05, 3.63) is 57.8 Å². The lowest BCUT2D eigenvalue weighted by molar-refractivity contribution is -0.223. The number of carboxylic acids is 1. The molecule has 5 atom stereocenters. The molecule has 1 fully saturated rings. The van der Waals surface area contributed by atoms with Crippen molar-refractivity contribution in [1.29, 1.82) is 0 Å². The molecule has 5 unspecified atom stereocenters. The number of hydrogen-bond donors (Lipinski definition) is 4. The molecule has 34 heavy (non-hydrogen) atoms. The number of imidazole rings is 1. The summed E-state index contributed by atoms with van der Waals surface area (Å²) in [7, 11) is 1.72. The minimum Gasteiger partial charge on any atom is -0.478 e. The molecule has 4 rings (SSSR count). The van der Waals surface area contributed by atoms with Crippen LogP contribution >= 0.6 is 35.0 Å². The third kappa shape index (κ3) is 5.05. The van der Waals surface area contributed by atoms with Crippen molar-refractivity contribution in [3.8, 4) is 0 Å². The van der Waals surface area contributed by atoms with E-state index in [0.717, 1.165) is 11.8 Å². The van der Waals surface area contributed by atoms with Gasteiger partial charge in [-0.3, -0.25) is 0 Å². The Kier molecular flexibility index (Phi) is 7.70. The predicted octanol–water partition coefficient (Wildman–Crippen LogP) is 2.69. The highest BCUT2D eigenvalue weighted by Gasteiger charge is 2.45. The van der Waals surface area contributed by atoms with Crippen LogP contribution in [0.1, 0.15) is 16.2 Å². The quantitative estimate of drug-likeness (QED) is 0.365. The maximum atomic E-state index is 11.3. The van der Waals surface area contributed by atoms with Gasteiger partial charge >= 0.3 is 5.97 Å². The van der Waals surface area contributed by atoms with Crippen molar-refractivity contribution in [1.82, 2.24) is 9.55 Å². The largest absolute Gasteiger partial charge is 0.478 e. The number of nitrogens with zero attached hydrogens (tertiary/aromatic N) is 2. The monoisotopic (exact) mass is 528 g/mol. The Bertz CT molecular complexity index is 1210.